The van der Waals surface area contributed by atoms with Gasteiger partial charge in [0, 0.05) is 16.5 Å². The summed E-state index contributed by atoms with van der Waals surface area (Å²) in [6, 6.07) is 0. The lowest BCUT2D eigenvalue weighted by Crippen LogP contribution is -2.28. The molecule has 0 aliphatic carbocycles. The van der Waals surface area contributed by atoms with Crippen LogP contribution in [0.5, 0.6) is 11.5 Å². The number of hydrogen-bond donors (Lipinski definition) is 1. The molecule has 0 saturated carbocycles. The molecule has 1 N–H and O–H groups in total. The van der Waals surface area contributed by atoms with Crippen molar-refractivity contribution >= 4 is 22.4 Å². The monoisotopic (exact) mass is 248 g/mol. The Morgan fingerprint density at radius 2 is 2.33 bits per heavy atom. The van der Waals surface area contributed by atoms with Crippen LogP contribution in [-0.4, -0.2) is 27.2 Å². The van der Waals surface area contributed by atoms with Crippen LogP contribution in [-0.2, 0) is 11.1 Å². The molecule has 84 valence electrons. The van der Waals surface area contributed by atoms with Crippen molar-refractivity contribution in [3.05, 3.63) is 10.8 Å². The molecule has 15 heavy (non-hydrogen) atoms. The van der Waals surface area contributed by atoms with Gasteiger partial charge in [0.25, 0.3) is 0 Å². The number of rotatable bonds is 4. The lowest BCUT2D eigenvalue weighted by Gasteiger charge is -2.24. The van der Waals surface area contributed by atoms with Crippen LogP contribution in [0.4, 0.5) is 0 Å². The van der Waals surface area contributed by atoms with Crippen molar-refractivity contribution in [1.29, 1.82) is 0 Å². The standard InChI is InChI=1S/C9H12O4S2/c10-15(11)3-1-2-7-4-12-8-5-14-6-9(8)13-7/h5-7H,1-4H2,(H,10,11). The number of thiophene rings is 1. The van der Waals surface area contributed by atoms with Gasteiger partial charge in [0.2, 0.25) is 0 Å². The molecule has 2 unspecified atom stereocenters. The third kappa shape index (κ3) is 2.93. The van der Waals surface area contributed by atoms with Gasteiger partial charge in [0.1, 0.15) is 12.7 Å². The Kier molecular flexibility index (Phi) is 3.61. The van der Waals surface area contributed by atoms with Gasteiger partial charge >= 0.3 is 0 Å². The lowest BCUT2D eigenvalue weighted by molar-refractivity contribution is 0.0858. The summed E-state index contributed by atoms with van der Waals surface area (Å²) in [6.07, 6.45) is 1.44. The first-order valence-corrected chi connectivity index (χ1v) is 6.90. The number of fused-ring (bicyclic) bond motifs is 1. The zero-order valence-corrected chi connectivity index (χ0v) is 9.68. The Morgan fingerprint density at radius 3 is 3.13 bits per heavy atom. The van der Waals surface area contributed by atoms with Gasteiger partial charge in [-0.25, -0.2) is 4.21 Å². The maximum absolute atomic E-state index is 10.4. The molecule has 0 saturated heterocycles. The van der Waals surface area contributed by atoms with Crippen LogP contribution >= 0.6 is 11.3 Å². The summed E-state index contributed by atoms with van der Waals surface area (Å²) >= 11 is -0.154. The van der Waals surface area contributed by atoms with E-state index < -0.39 is 11.1 Å². The van der Waals surface area contributed by atoms with Crippen molar-refractivity contribution < 1.29 is 18.2 Å². The summed E-state index contributed by atoms with van der Waals surface area (Å²) in [5.41, 5.74) is 0. The van der Waals surface area contributed by atoms with E-state index in [9.17, 15) is 4.21 Å². The fourth-order valence-corrected chi connectivity index (χ4v) is 2.52. The number of ether oxygens (including phenoxy) is 2. The molecule has 0 radical (unpaired) electrons. The van der Waals surface area contributed by atoms with E-state index in [1.165, 1.54) is 0 Å². The number of hydrogen-bond acceptors (Lipinski definition) is 4. The van der Waals surface area contributed by atoms with Crippen molar-refractivity contribution in [3.63, 3.8) is 0 Å². The van der Waals surface area contributed by atoms with E-state index in [1.807, 2.05) is 10.8 Å². The van der Waals surface area contributed by atoms with Crippen molar-refractivity contribution in [3.8, 4) is 11.5 Å². The topological polar surface area (TPSA) is 55.8 Å². The highest BCUT2D eigenvalue weighted by molar-refractivity contribution is 7.79. The molecule has 0 aromatic carbocycles. The van der Waals surface area contributed by atoms with Gasteiger partial charge in [0.05, 0.1) is 0 Å². The molecule has 0 amide bonds. The van der Waals surface area contributed by atoms with E-state index in [0.717, 1.165) is 17.9 Å². The zero-order chi connectivity index (χ0) is 10.7. The Labute approximate surface area is 94.5 Å². The maximum Gasteiger partial charge on any atom is 0.172 e. The van der Waals surface area contributed by atoms with E-state index in [0.29, 0.717) is 18.8 Å². The van der Waals surface area contributed by atoms with Gasteiger partial charge in [0.15, 0.2) is 22.6 Å². The third-order valence-corrected chi connectivity index (χ3v) is 3.49. The quantitative estimate of drug-likeness (QED) is 0.827. The Bertz CT molecular complexity index is 350. The average molecular weight is 248 g/mol. The molecular formula is C9H12O4S2. The van der Waals surface area contributed by atoms with Gasteiger partial charge in [-0.05, 0) is 12.8 Å². The molecule has 2 heterocycles. The predicted octanol–water partition coefficient (Wildman–Crippen LogP) is 1.89. The molecule has 0 bridgehead atoms. The van der Waals surface area contributed by atoms with Crippen molar-refractivity contribution in [2.45, 2.75) is 18.9 Å². The zero-order valence-electron chi connectivity index (χ0n) is 8.05. The average Bonchev–Trinajstić information content (AvgIpc) is 2.64. The summed E-state index contributed by atoms with van der Waals surface area (Å²) in [4.78, 5) is 0. The SMILES string of the molecule is O=S(O)CCCC1COc2cscc2O1. The largest absolute Gasteiger partial charge is 0.485 e. The van der Waals surface area contributed by atoms with Crippen molar-refractivity contribution in [2.24, 2.45) is 0 Å². The fourth-order valence-electron chi connectivity index (χ4n) is 1.44. The van der Waals surface area contributed by atoms with Crippen LogP contribution < -0.4 is 9.47 Å². The predicted molar refractivity (Wildman–Crippen MR) is 59.1 cm³/mol. The van der Waals surface area contributed by atoms with Crippen molar-refractivity contribution in [1.82, 2.24) is 0 Å². The van der Waals surface area contributed by atoms with Crippen LogP contribution in [0.3, 0.4) is 0 Å². The lowest BCUT2D eigenvalue weighted by atomic mass is 10.2. The second-order valence-corrected chi connectivity index (χ2v) is 5.11. The summed E-state index contributed by atoms with van der Waals surface area (Å²) in [5, 5.41) is 3.82. The van der Waals surface area contributed by atoms with E-state index in [1.54, 1.807) is 11.3 Å². The normalized spacial score (nSPS) is 21.3. The first-order chi connectivity index (χ1) is 7.25. The van der Waals surface area contributed by atoms with Gasteiger partial charge in [-0.3, -0.25) is 0 Å². The van der Waals surface area contributed by atoms with Crippen LogP contribution in [0, 0.1) is 0 Å². The molecule has 2 rings (SSSR count). The molecule has 1 aromatic heterocycles. The molecular weight excluding hydrogens is 236 g/mol. The van der Waals surface area contributed by atoms with Crippen LogP contribution in [0.25, 0.3) is 0 Å². The minimum Gasteiger partial charge on any atom is -0.485 e. The van der Waals surface area contributed by atoms with E-state index >= 15 is 0 Å². The van der Waals surface area contributed by atoms with Crippen LogP contribution in [0.1, 0.15) is 12.8 Å². The summed E-state index contributed by atoms with van der Waals surface area (Å²) < 4.78 is 30.2. The molecule has 1 aliphatic heterocycles. The molecule has 6 heteroatoms. The molecule has 0 fully saturated rings. The van der Waals surface area contributed by atoms with Gasteiger partial charge in [-0.15, -0.1) is 11.3 Å². The second-order valence-electron chi connectivity index (χ2n) is 3.32. The second kappa shape index (κ2) is 4.96. The van der Waals surface area contributed by atoms with Crippen molar-refractivity contribution in [2.75, 3.05) is 12.4 Å². The fraction of sp³-hybridized carbons (Fsp3) is 0.556. The first-order valence-electron chi connectivity index (χ1n) is 4.69. The molecule has 1 aliphatic rings. The highest BCUT2D eigenvalue weighted by Crippen LogP contribution is 2.35. The summed E-state index contributed by atoms with van der Waals surface area (Å²) in [7, 11) is 0. The Morgan fingerprint density at radius 1 is 1.53 bits per heavy atom. The molecule has 4 nitrogen and oxygen atoms in total. The Balaban J connectivity index is 1.80. The van der Waals surface area contributed by atoms with Crippen LogP contribution in [0.15, 0.2) is 10.8 Å². The minimum atomic E-state index is -1.70. The van der Waals surface area contributed by atoms with Gasteiger partial charge in [-0.1, -0.05) is 0 Å². The summed E-state index contributed by atoms with van der Waals surface area (Å²) in [6.45, 7) is 0.530. The molecule has 0 spiro atoms. The van der Waals surface area contributed by atoms with Crippen LogP contribution in [0.2, 0.25) is 0 Å². The molecule has 2 atom stereocenters. The van der Waals surface area contributed by atoms with E-state index in [2.05, 4.69) is 0 Å². The summed E-state index contributed by atoms with van der Waals surface area (Å²) in [5.74, 6) is 1.90. The highest BCUT2D eigenvalue weighted by atomic mass is 32.2. The maximum atomic E-state index is 10.4. The third-order valence-electron chi connectivity index (χ3n) is 2.16. The first kappa shape index (κ1) is 10.9. The highest BCUT2D eigenvalue weighted by Gasteiger charge is 2.21. The Hall–Kier alpha value is -0.590. The van der Waals surface area contributed by atoms with E-state index in [-0.39, 0.29) is 6.10 Å². The minimum absolute atomic E-state index is 0.00986. The molecule has 1 aromatic rings. The smallest absolute Gasteiger partial charge is 0.172 e. The van der Waals surface area contributed by atoms with Gasteiger partial charge in [-0.2, -0.15) is 0 Å². The van der Waals surface area contributed by atoms with Gasteiger partial charge < -0.3 is 14.0 Å². The van der Waals surface area contributed by atoms with E-state index in [4.69, 9.17) is 14.0 Å².